The van der Waals surface area contributed by atoms with Gasteiger partial charge in [-0.25, -0.2) is 4.79 Å². The second kappa shape index (κ2) is 8.00. The van der Waals surface area contributed by atoms with Crippen molar-refractivity contribution < 1.29 is 19.1 Å². The van der Waals surface area contributed by atoms with Crippen LogP contribution in [0.5, 0.6) is 0 Å². The van der Waals surface area contributed by atoms with Gasteiger partial charge in [0.05, 0.1) is 19.8 Å². The van der Waals surface area contributed by atoms with Crippen LogP contribution in [-0.4, -0.2) is 38.7 Å². The normalized spacial score (nSPS) is 28.7. The van der Waals surface area contributed by atoms with Gasteiger partial charge in [0.1, 0.15) is 6.04 Å². The molecule has 3 rings (SSSR count). The highest BCUT2D eigenvalue weighted by Crippen LogP contribution is 2.39. The number of nitrogens with one attached hydrogen (secondary N) is 1. The Morgan fingerprint density at radius 2 is 1.80 bits per heavy atom. The predicted molar refractivity (Wildman–Crippen MR) is 94.2 cm³/mol. The summed E-state index contributed by atoms with van der Waals surface area (Å²) < 4.78 is 9.63. The fourth-order valence-electron chi connectivity index (χ4n) is 4.40. The topological polar surface area (TPSA) is 64.6 Å². The standard InChI is InChI=1S/C20H27NO4/c1-24-19(22)15-6-3-13(4-7-15)9-14-5-8-16-12-21-18(20(23)25-2)11-17(16)10-14/h3-4,6-7,14,16-18,21H,5,8-12H2,1-2H3/t14?,16-,17+,18-/m0/s1. The number of hydrogen-bond acceptors (Lipinski definition) is 5. The molecule has 1 aromatic rings. The van der Waals surface area contributed by atoms with E-state index in [9.17, 15) is 9.59 Å². The molecule has 0 aromatic heterocycles. The fraction of sp³-hybridized carbons (Fsp3) is 0.600. The van der Waals surface area contributed by atoms with Crippen molar-refractivity contribution in [1.82, 2.24) is 5.32 Å². The molecule has 25 heavy (non-hydrogen) atoms. The van der Waals surface area contributed by atoms with Crippen molar-refractivity contribution in [3.63, 3.8) is 0 Å². The van der Waals surface area contributed by atoms with Crippen LogP contribution in [-0.2, 0) is 20.7 Å². The Morgan fingerprint density at radius 1 is 1.04 bits per heavy atom. The van der Waals surface area contributed by atoms with Crippen LogP contribution in [0.1, 0.15) is 41.6 Å². The van der Waals surface area contributed by atoms with Crippen LogP contribution in [0.4, 0.5) is 0 Å². The fourth-order valence-corrected chi connectivity index (χ4v) is 4.40. The first-order chi connectivity index (χ1) is 12.1. The number of ether oxygens (including phenoxy) is 2. The lowest BCUT2D eigenvalue weighted by atomic mass is 9.68. The average Bonchev–Trinajstić information content (AvgIpc) is 2.66. The van der Waals surface area contributed by atoms with Crippen molar-refractivity contribution in [3.05, 3.63) is 35.4 Å². The van der Waals surface area contributed by atoms with Gasteiger partial charge in [0.25, 0.3) is 0 Å². The molecule has 2 aliphatic rings. The molecule has 1 saturated carbocycles. The zero-order valence-electron chi connectivity index (χ0n) is 15.0. The lowest BCUT2D eigenvalue weighted by Crippen LogP contribution is -2.50. The van der Waals surface area contributed by atoms with Gasteiger partial charge >= 0.3 is 11.9 Å². The number of rotatable bonds is 4. The molecule has 1 N–H and O–H groups in total. The first kappa shape index (κ1) is 17.9. The number of hydrogen-bond donors (Lipinski definition) is 1. The van der Waals surface area contributed by atoms with E-state index in [1.165, 1.54) is 39.0 Å². The minimum absolute atomic E-state index is 0.140. The van der Waals surface area contributed by atoms with E-state index in [1.54, 1.807) is 0 Å². The Bertz CT molecular complexity index is 613. The van der Waals surface area contributed by atoms with E-state index >= 15 is 0 Å². The van der Waals surface area contributed by atoms with Crippen LogP contribution in [0.3, 0.4) is 0 Å². The molecule has 1 unspecified atom stereocenters. The molecule has 0 bridgehead atoms. The highest BCUT2D eigenvalue weighted by atomic mass is 16.5. The van der Waals surface area contributed by atoms with Gasteiger partial charge in [-0.05, 0) is 74.1 Å². The summed E-state index contributed by atoms with van der Waals surface area (Å²) in [6, 6.07) is 7.58. The Balaban J connectivity index is 1.57. The van der Waals surface area contributed by atoms with Crippen LogP contribution in [0, 0.1) is 17.8 Å². The smallest absolute Gasteiger partial charge is 0.337 e. The number of benzene rings is 1. The van der Waals surface area contributed by atoms with Crippen molar-refractivity contribution in [2.75, 3.05) is 20.8 Å². The summed E-state index contributed by atoms with van der Waals surface area (Å²) in [6.07, 6.45) is 5.52. The SMILES string of the molecule is COC(=O)c1ccc(CC2CC[C@H]3CN[C@H](C(=O)OC)C[C@H]3C2)cc1. The van der Waals surface area contributed by atoms with Crippen molar-refractivity contribution in [3.8, 4) is 0 Å². The van der Waals surface area contributed by atoms with E-state index in [0.717, 1.165) is 19.4 Å². The van der Waals surface area contributed by atoms with E-state index < -0.39 is 0 Å². The number of methoxy groups -OCH3 is 2. The quantitative estimate of drug-likeness (QED) is 0.850. The Labute approximate surface area is 149 Å². The van der Waals surface area contributed by atoms with Gasteiger partial charge in [-0.2, -0.15) is 0 Å². The van der Waals surface area contributed by atoms with E-state index in [1.807, 2.05) is 24.3 Å². The minimum atomic E-state index is -0.296. The lowest BCUT2D eigenvalue weighted by molar-refractivity contribution is -0.144. The summed E-state index contributed by atoms with van der Waals surface area (Å²) in [5, 5.41) is 3.34. The minimum Gasteiger partial charge on any atom is -0.468 e. The molecule has 5 nitrogen and oxygen atoms in total. The summed E-state index contributed by atoms with van der Waals surface area (Å²) in [7, 11) is 2.85. The molecule has 1 aliphatic carbocycles. The Hall–Kier alpha value is -1.88. The van der Waals surface area contributed by atoms with Gasteiger partial charge < -0.3 is 14.8 Å². The Kier molecular flexibility index (Phi) is 5.74. The molecule has 0 radical (unpaired) electrons. The highest BCUT2D eigenvalue weighted by Gasteiger charge is 2.37. The lowest BCUT2D eigenvalue weighted by Gasteiger charge is -2.42. The van der Waals surface area contributed by atoms with Gasteiger partial charge in [0, 0.05) is 0 Å². The maximum atomic E-state index is 11.8. The molecular weight excluding hydrogens is 318 g/mol. The van der Waals surface area contributed by atoms with Crippen molar-refractivity contribution in [1.29, 1.82) is 0 Å². The van der Waals surface area contributed by atoms with Gasteiger partial charge in [0.2, 0.25) is 0 Å². The third-order valence-electron chi connectivity index (χ3n) is 5.80. The predicted octanol–water partition coefficient (Wildman–Crippen LogP) is 2.58. The van der Waals surface area contributed by atoms with E-state index in [2.05, 4.69) is 5.32 Å². The van der Waals surface area contributed by atoms with Crippen LogP contribution in [0.25, 0.3) is 0 Å². The number of carbonyl (C=O) groups is 2. The summed E-state index contributed by atoms with van der Waals surface area (Å²) >= 11 is 0. The van der Waals surface area contributed by atoms with Gasteiger partial charge in [-0.3, -0.25) is 4.79 Å². The number of carbonyl (C=O) groups excluding carboxylic acids is 2. The number of fused-ring (bicyclic) bond motifs is 1. The van der Waals surface area contributed by atoms with E-state index in [4.69, 9.17) is 9.47 Å². The average molecular weight is 345 g/mol. The molecule has 2 fully saturated rings. The maximum Gasteiger partial charge on any atom is 0.337 e. The second-order valence-corrected chi connectivity index (χ2v) is 7.31. The molecule has 4 atom stereocenters. The summed E-state index contributed by atoms with van der Waals surface area (Å²) in [6.45, 7) is 0.922. The van der Waals surface area contributed by atoms with E-state index in [-0.39, 0.29) is 18.0 Å². The molecule has 1 aliphatic heterocycles. The zero-order valence-corrected chi connectivity index (χ0v) is 15.0. The molecule has 0 amide bonds. The van der Waals surface area contributed by atoms with Crippen molar-refractivity contribution >= 4 is 11.9 Å². The maximum absolute atomic E-state index is 11.8. The molecular formula is C20H27NO4. The number of piperidine rings is 1. The van der Waals surface area contributed by atoms with E-state index in [0.29, 0.717) is 23.3 Å². The molecule has 1 saturated heterocycles. The van der Waals surface area contributed by atoms with Crippen LogP contribution >= 0.6 is 0 Å². The van der Waals surface area contributed by atoms with Crippen molar-refractivity contribution in [2.24, 2.45) is 17.8 Å². The van der Waals surface area contributed by atoms with Gasteiger partial charge in [0.15, 0.2) is 0 Å². The third kappa shape index (κ3) is 4.21. The van der Waals surface area contributed by atoms with Crippen LogP contribution in [0.2, 0.25) is 0 Å². The van der Waals surface area contributed by atoms with Crippen molar-refractivity contribution in [2.45, 2.75) is 38.1 Å². The molecule has 1 aromatic carbocycles. The van der Waals surface area contributed by atoms with Crippen LogP contribution < -0.4 is 5.32 Å². The molecule has 136 valence electrons. The van der Waals surface area contributed by atoms with Gasteiger partial charge in [-0.15, -0.1) is 0 Å². The number of esters is 2. The molecule has 1 heterocycles. The first-order valence-corrected chi connectivity index (χ1v) is 9.09. The largest absolute Gasteiger partial charge is 0.468 e. The third-order valence-corrected chi connectivity index (χ3v) is 5.80. The second-order valence-electron chi connectivity index (χ2n) is 7.31. The highest BCUT2D eigenvalue weighted by molar-refractivity contribution is 5.89. The first-order valence-electron chi connectivity index (χ1n) is 9.09. The zero-order chi connectivity index (χ0) is 17.8. The van der Waals surface area contributed by atoms with Crippen LogP contribution in [0.15, 0.2) is 24.3 Å². The summed E-state index contributed by atoms with van der Waals surface area (Å²) in [4.78, 5) is 23.3. The monoisotopic (exact) mass is 345 g/mol. The molecule has 0 spiro atoms. The van der Waals surface area contributed by atoms with Gasteiger partial charge in [-0.1, -0.05) is 12.1 Å². The Morgan fingerprint density at radius 3 is 2.48 bits per heavy atom. The summed E-state index contributed by atoms with van der Waals surface area (Å²) in [5.41, 5.74) is 1.85. The summed E-state index contributed by atoms with van der Waals surface area (Å²) in [5.74, 6) is 1.48. The molecule has 5 heteroatoms.